The molecule has 2 aromatic carbocycles. The van der Waals surface area contributed by atoms with Crippen molar-refractivity contribution < 1.29 is 19.1 Å². The molecular weight excluding hydrogens is 373 g/mol. The molecule has 5 nitrogen and oxygen atoms in total. The van der Waals surface area contributed by atoms with Gasteiger partial charge >= 0.3 is 12.0 Å². The van der Waals surface area contributed by atoms with Gasteiger partial charge in [-0.2, -0.15) is 4.98 Å². The predicted octanol–water partition coefficient (Wildman–Crippen LogP) is 3.92. The molecule has 0 saturated carbocycles. The number of oxazole rings is 1. The van der Waals surface area contributed by atoms with Gasteiger partial charge in [-0.3, -0.25) is 0 Å². The van der Waals surface area contributed by atoms with E-state index in [1.807, 2.05) is 12.1 Å². The highest BCUT2D eigenvalue weighted by atomic mass is 127. The summed E-state index contributed by atoms with van der Waals surface area (Å²) in [7, 11) is 0. The van der Waals surface area contributed by atoms with E-state index < -0.39 is 5.97 Å². The third-order valence-electron chi connectivity index (χ3n) is 2.63. The molecule has 0 bridgehead atoms. The maximum Gasteiger partial charge on any atom is 0.400 e. The highest BCUT2D eigenvalue weighted by Crippen LogP contribution is 2.26. The van der Waals surface area contributed by atoms with Crippen molar-refractivity contribution in [1.82, 2.24) is 4.98 Å². The number of nitrogens with zero attached hydrogens (tertiary/aromatic N) is 1. The van der Waals surface area contributed by atoms with E-state index in [0.717, 1.165) is 3.57 Å². The third-order valence-corrected chi connectivity index (χ3v) is 3.35. The Morgan fingerprint density at radius 3 is 2.65 bits per heavy atom. The van der Waals surface area contributed by atoms with Gasteiger partial charge in [-0.1, -0.05) is 0 Å². The monoisotopic (exact) mass is 381 g/mol. The lowest BCUT2D eigenvalue weighted by atomic mass is 10.2. The van der Waals surface area contributed by atoms with Crippen LogP contribution < -0.4 is 4.74 Å². The van der Waals surface area contributed by atoms with Crippen LogP contribution in [0.15, 0.2) is 46.9 Å². The second-order valence-corrected chi connectivity index (χ2v) is 5.27. The lowest BCUT2D eigenvalue weighted by Crippen LogP contribution is -1.94. The highest BCUT2D eigenvalue weighted by molar-refractivity contribution is 14.1. The van der Waals surface area contributed by atoms with Gasteiger partial charge in [0.1, 0.15) is 11.3 Å². The van der Waals surface area contributed by atoms with Crippen LogP contribution in [0.3, 0.4) is 0 Å². The van der Waals surface area contributed by atoms with E-state index in [2.05, 4.69) is 27.6 Å². The summed E-state index contributed by atoms with van der Waals surface area (Å²) in [5.41, 5.74) is 1.08. The average molecular weight is 381 g/mol. The van der Waals surface area contributed by atoms with Gasteiger partial charge < -0.3 is 14.3 Å². The number of benzene rings is 2. The molecule has 1 heterocycles. The summed E-state index contributed by atoms with van der Waals surface area (Å²) in [6.45, 7) is 0. The van der Waals surface area contributed by atoms with E-state index in [1.54, 1.807) is 18.2 Å². The van der Waals surface area contributed by atoms with E-state index >= 15 is 0 Å². The second kappa shape index (κ2) is 5.12. The van der Waals surface area contributed by atoms with Gasteiger partial charge in [-0.25, -0.2) is 4.79 Å². The quantitative estimate of drug-likeness (QED) is 0.697. The van der Waals surface area contributed by atoms with Crippen LogP contribution in [0.4, 0.5) is 0 Å². The minimum atomic E-state index is -1.01. The Morgan fingerprint density at radius 2 is 1.95 bits per heavy atom. The summed E-state index contributed by atoms with van der Waals surface area (Å²) >= 11 is 2.20. The molecule has 0 unspecified atom stereocenters. The van der Waals surface area contributed by atoms with Crippen LogP contribution in [0.2, 0.25) is 0 Å². The van der Waals surface area contributed by atoms with E-state index in [9.17, 15) is 4.79 Å². The minimum absolute atomic E-state index is 0.0868. The smallest absolute Gasteiger partial charge is 0.400 e. The summed E-state index contributed by atoms with van der Waals surface area (Å²) in [5.74, 6) is -0.404. The van der Waals surface area contributed by atoms with Crippen molar-refractivity contribution >= 4 is 39.7 Å². The predicted molar refractivity (Wildman–Crippen MR) is 80.2 cm³/mol. The summed E-state index contributed by atoms with van der Waals surface area (Å²) in [6.07, 6.45) is 0.0868. The van der Waals surface area contributed by atoms with Crippen molar-refractivity contribution in [2.45, 2.75) is 0 Å². The summed E-state index contributed by atoms with van der Waals surface area (Å²) in [5, 5.41) is 8.92. The Bertz CT molecular complexity index is 779. The van der Waals surface area contributed by atoms with Crippen LogP contribution in [0.25, 0.3) is 11.1 Å². The molecular formula is C14H8INO4. The number of hydrogen-bond acceptors (Lipinski definition) is 4. The SMILES string of the molecule is O=C(O)c1ccc2nc(Oc3ccc(I)cc3)oc2c1. The Labute approximate surface area is 127 Å². The van der Waals surface area contributed by atoms with Crippen molar-refractivity contribution in [3.05, 3.63) is 51.6 Å². The maximum absolute atomic E-state index is 10.9. The lowest BCUT2D eigenvalue weighted by molar-refractivity contribution is 0.0697. The zero-order valence-corrected chi connectivity index (χ0v) is 12.2. The Morgan fingerprint density at radius 1 is 1.20 bits per heavy atom. The molecule has 0 saturated heterocycles. The van der Waals surface area contributed by atoms with E-state index in [4.69, 9.17) is 14.3 Å². The molecule has 0 aliphatic carbocycles. The topological polar surface area (TPSA) is 72.6 Å². The van der Waals surface area contributed by atoms with Crippen molar-refractivity contribution in [2.24, 2.45) is 0 Å². The third kappa shape index (κ3) is 2.60. The van der Waals surface area contributed by atoms with Crippen molar-refractivity contribution in [3.8, 4) is 11.8 Å². The first-order valence-electron chi connectivity index (χ1n) is 5.69. The summed E-state index contributed by atoms with van der Waals surface area (Å²) < 4.78 is 12.0. The minimum Gasteiger partial charge on any atom is -0.478 e. The zero-order chi connectivity index (χ0) is 14.1. The Balaban J connectivity index is 1.92. The number of aromatic carboxylic acids is 1. The van der Waals surface area contributed by atoms with Crippen LogP contribution >= 0.6 is 22.6 Å². The van der Waals surface area contributed by atoms with Crippen LogP contribution in [0, 0.1) is 3.57 Å². The number of carbonyl (C=O) groups is 1. The summed E-state index contributed by atoms with van der Waals surface area (Å²) in [4.78, 5) is 15.0. The van der Waals surface area contributed by atoms with Crippen molar-refractivity contribution in [3.63, 3.8) is 0 Å². The number of aromatic nitrogens is 1. The molecule has 0 fully saturated rings. The van der Waals surface area contributed by atoms with Gasteiger partial charge in [0, 0.05) is 3.57 Å². The Hall–Kier alpha value is -2.09. The van der Waals surface area contributed by atoms with Crippen LogP contribution in [0.5, 0.6) is 11.8 Å². The van der Waals surface area contributed by atoms with E-state index in [1.165, 1.54) is 12.1 Å². The number of halogens is 1. The van der Waals surface area contributed by atoms with Crippen LogP contribution in [0.1, 0.15) is 10.4 Å². The number of fused-ring (bicyclic) bond motifs is 1. The molecule has 1 aromatic heterocycles. The molecule has 0 amide bonds. The number of hydrogen-bond donors (Lipinski definition) is 1. The molecule has 3 aromatic rings. The molecule has 20 heavy (non-hydrogen) atoms. The first kappa shape index (κ1) is 12.9. The molecule has 100 valence electrons. The van der Waals surface area contributed by atoms with Gasteiger partial charge in [-0.15, -0.1) is 0 Å². The second-order valence-electron chi connectivity index (χ2n) is 4.02. The van der Waals surface area contributed by atoms with Gasteiger partial charge in [0.05, 0.1) is 5.56 Å². The fourth-order valence-corrected chi connectivity index (χ4v) is 2.04. The molecule has 0 aliphatic rings. The summed E-state index contributed by atoms with van der Waals surface area (Å²) in [6, 6.07) is 11.9. The number of ether oxygens (including phenoxy) is 1. The first-order chi connectivity index (χ1) is 9.61. The van der Waals surface area contributed by atoms with Gasteiger partial charge in [0.25, 0.3) is 0 Å². The zero-order valence-electron chi connectivity index (χ0n) is 10.0. The molecule has 3 rings (SSSR count). The molecule has 1 N–H and O–H groups in total. The standard InChI is InChI=1S/C14H8INO4/c15-9-2-4-10(5-3-9)19-14-16-11-6-1-8(13(17)18)7-12(11)20-14/h1-7H,(H,17,18). The van der Waals surface area contributed by atoms with E-state index in [-0.39, 0.29) is 11.6 Å². The van der Waals surface area contributed by atoms with E-state index in [0.29, 0.717) is 16.8 Å². The van der Waals surface area contributed by atoms with Crippen LogP contribution in [-0.4, -0.2) is 16.1 Å². The van der Waals surface area contributed by atoms with Crippen molar-refractivity contribution in [2.75, 3.05) is 0 Å². The maximum atomic E-state index is 10.9. The molecule has 0 radical (unpaired) electrons. The molecule has 6 heteroatoms. The lowest BCUT2D eigenvalue weighted by Gasteiger charge is -1.99. The molecule has 0 spiro atoms. The van der Waals surface area contributed by atoms with Crippen molar-refractivity contribution in [1.29, 1.82) is 0 Å². The fourth-order valence-electron chi connectivity index (χ4n) is 1.68. The number of carboxylic acid groups (broad SMARTS) is 1. The number of rotatable bonds is 3. The normalized spacial score (nSPS) is 10.7. The van der Waals surface area contributed by atoms with Gasteiger partial charge in [0.15, 0.2) is 5.58 Å². The molecule has 0 atom stereocenters. The number of carboxylic acids is 1. The van der Waals surface area contributed by atoms with Gasteiger partial charge in [0.2, 0.25) is 0 Å². The Kier molecular flexibility index (Phi) is 3.31. The van der Waals surface area contributed by atoms with Crippen LogP contribution in [-0.2, 0) is 0 Å². The fraction of sp³-hybridized carbons (Fsp3) is 0. The average Bonchev–Trinajstić information content (AvgIpc) is 2.82. The highest BCUT2D eigenvalue weighted by Gasteiger charge is 2.11. The largest absolute Gasteiger partial charge is 0.478 e. The first-order valence-corrected chi connectivity index (χ1v) is 6.77. The van der Waals surface area contributed by atoms with Gasteiger partial charge in [-0.05, 0) is 65.1 Å². The molecule has 0 aliphatic heterocycles.